The molecule has 0 amide bonds. The fourth-order valence-electron chi connectivity index (χ4n) is 2.79. The zero-order valence-electron chi connectivity index (χ0n) is 11.0. The van der Waals surface area contributed by atoms with Crippen LogP contribution in [0.1, 0.15) is 39.5 Å². The van der Waals surface area contributed by atoms with E-state index in [0.717, 1.165) is 25.9 Å². The lowest BCUT2D eigenvalue weighted by Crippen LogP contribution is -2.40. The van der Waals surface area contributed by atoms with Gasteiger partial charge in [-0.25, -0.2) is 9.37 Å². The summed E-state index contributed by atoms with van der Waals surface area (Å²) in [6.45, 7) is 6.34. The molecule has 0 bridgehead atoms. The highest BCUT2D eigenvalue weighted by Crippen LogP contribution is 2.39. The standard InChI is InChI=1S/C14H20BrFN2/c1-3-14(4-2)5-7-18(8-6-14)13-12(16)9-11(15)10-17-13/h9-10H,3-8H2,1-2H3. The highest BCUT2D eigenvalue weighted by molar-refractivity contribution is 9.10. The number of hydrogen-bond acceptors (Lipinski definition) is 2. The van der Waals surface area contributed by atoms with E-state index in [1.54, 1.807) is 6.20 Å². The molecule has 0 spiro atoms. The van der Waals surface area contributed by atoms with Crippen molar-refractivity contribution in [3.05, 3.63) is 22.6 Å². The Morgan fingerprint density at radius 3 is 2.44 bits per heavy atom. The predicted octanol–water partition coefficient (Wildman–Crippen LogP) is 4.39. The van der Waals surface area contributed by atoms with Crippen LogP contribution in [0.5, 0.6) is 0 Å². The molecule has 0 saturated carbocycles. The van der Waals surface area contributed by atoms with Crippen molar-refractivity contribution >= 4 is 21.7 Å². The third-order valence-corrected chi connectivity index (χ3v) is 4.85. The third-order valence-electron chi connectivity index (χ3n) is 4.41. The van der Waals surface area contributed by atoms with Crippen molar-refractivity contribution in [2.45, 2.75) is 39.5 Å². The molecule has 0 aliphatic carbocycles. The number of aromatic nitrogens is 1. The van der Waals surface area contributed by atoms with Crippen molar-refractivity contribution in [3.63, 3.8) is 0 Å². The van der Waals surface area contributed by atoms with Crippen LogP contribution in [0.2, 0.25) is 0 Å². The second-order valence-corrected chi connectivity index (χ2v) is 6.07. The third kappa shape index (κ3) is 2.68. The van der Waals surface area contributed by atoms with E-state index in [2.05, 4.69) is 39.7 Å². The zero-order valence-corrected chi connectivity index (χ0v) is 12.6. The van der Waals surface area contributed by atoms with Crippen molar-refractivity contribution in [3.8, 4) is 0 Å². The second-order valence-electron chi connectivity index (χ2n) is 5.15. The van der Waals surface area contributed by atoms with E-state index in [9.17, 15) is 4.39 Å². The normalized spacial score (nSPS) is 19.0. The largest absolute Gasteiger partial charge is 0.354 e. The van der Waals surface area contributed by atoms with Gasteiger partial charge in [-0.05, 0) is 40.3 Å². The van der Waals surface area contributed by atoms with Crippen LogP contribution in [0, 0.1) is 11.2 Å². The highest BCUT2D eigenvalue weighted by atomic mass is 79.9. The van der Waals surface area contributed by atoms with E-state index in [4.69, 9.17) is 0 Å². The molecule has 1 aliphatic rings. The van der Waals surface area contributed by atoms with Crippen molar-refractivity contribution in [2.24, 2.45) is 5.41 Å². The van der Waals surface area contributed by atoms with Crippen LogP contribution in [-0.2, 0) is 0 Å². The lowest BCUT2D eigenvalue weighted by molar-refractivity contribution is 0.198. The van der Waals surface area contributed by atoms with Gasteiger partial charge in [0.2, 0.25) is 0 Å². The van der Waals surface area contributed by atoms with Gasteiger partial charge < -0.3 is 4.90 Å². The van der Waals surface area contributed by atoms with Gasteiger partial charge in [0.05, 0.1) is 0 Å². The van der Waals surface area contributed by atoms with Gasteiger partial charge in [0.25, 0.3) is 0 Å². The summed E-state index contributed by atoms with van der Waals surface area (Å²) in [5.41, 5.74) is 0.461. The first-order valence-electron chi connectivity index (χ1n) is 6.66. The summed E-state index contributed by atoms with van der Waals surface area (Å²) < 4.78 is 14.5. The fraction of sp³-hybridized carbons (Fsp3) is 0.643. The number of piperidine rings is 1. The number of hydrogen-bond donors (Lipinski definition) is 0. The van der Waals surface area contributed by atoms with Gasteiger partial charge in [-0.1, -0.05) is 26.7 Å². The molecular formula is C14H20BrFN2. The van der Waals surface area contributed by atoms with Crippen LogP contribution in [-0.4, -0.2) is 18.1 Å². The highest BCUT2D eigenvalue weighted by Gasteiger charge is 2.32. The fourth-order valence-corrected chi connectivity index (χ4v) is 3.09. The molecule has 18 heavy (non-hydrogen) atoms. The molecule has 1 aromatic rings. The minimum atomic E-state index is -0.232. The molecule has 0 radical (unpaired) electrons. The van der Waals surface area contributed by atoms with E-state index < -0.39 is 0 Å². The summed E-state index contributed by atoms with van der Waals surface area (Å²) in [5, 5.41) is 0. The lowest BCUT2D eigenvalue weighted by atomic mass is 9.74. The summed E-state index contributed by atoms with van der Waals surface area (Å²) >= 11 is 3.24. The van der Waals surface area contributed by atoms with Gasteiger partial charge in [0, 0.05) is 23.8 Å². The van der Waals surface area contributed by atoms with Gasteiger partial charge in [-0.15, -0.1) is 0 Å². The average Bonchev–Trinajstić information content (AvgIpc) is 2.39. The molecular weight excluding hydrogens is 295 g/mol. The maximum atomic E-state index is 13.9. The summed E-state index contributed by atoms with van der Waals surface area (Å²) in [6.07, 6.45) is 6.37. The second kappa shape index (κ2) is 5.55. The summed E-state index contributed by atoms with van der Waals surface area (Å²) in [4.78, 5) is 6.28. The minimum Gasteiger partial charge on any atom is -0.354 e. The predicted molar refractivity (Wildman–Crippen MR) is 76.4 cm³/mol. The Bertz CT molecular complexity index is 408. The Kier molecular flexibility index (Phi) is 4.25. The number of pyridine rings is 1. The summed E-state index contributed by atoms with van der Waals surface area (Å²) in [5.74, 6) is 0.267. The molecule has 1 fully saturated rings. The SMILES string of the molecule is CCC1(CC)CCN(c2ncc(Br)cc2F)CC1. The minimum absolute atomic E-state index is 0.232. The maximum absolute atomic E-state index is 13.9. The van der Waals surface area contributed by atoms with Gasteiger partial charge in [-0.2, -0.15) is 0 Å². The maximum Gasteiger partial charge on any atom is 0.166 e. The topological polar surface area (TPSA) is 16.1 Å². The molecule has 4 heteroatoms. The average molecular weight is 315 g/mol. The van der Waals surface area contributed by atoms with E-state index in [0.29, 0.717) is 15.7 Å². The molecule has 1 aromatic heterocycles. The molecule has 0 unspecified atom stereocenters. The molecule has 1 aliphatic heterocycles. The Morgan fingerprint density at radius 2 is 1.94 bits per heavy atom. The number of anilines is 1. The summed E-state index contributed by atoms with van der Waals surface area (Å²) in [7, 11) is 0. The van der Waals surface area contributed by atoms with Crippen LogP contribution >= 0.6 is 15.9 Å². The first-order chi connectivity index (χ1) is 8.60. The summed E-state index contributed by atoms with van der Waals surface area (Å²) in [6, 6.07) is 1.49. The number of nitrogens with zero attached hydrogens (tertiary/aromatic N) is 2. The van der Waals surface area contributed by atoms with Crippen LogP contribution in [0.3, 0.4) is 0 Å². The Hall–Kier alpha value is -0.640. The van der Waals surface area contributed by atoms with E-state index in [1.807, 2.05) is 0 Å². The van der Waals surface area contributed by atoms with E-state index in [-0.39, 0.29) is 5.82 Å². The van der Waals surface area contributed by atoms with Crippen molar-refractivity contribution in [2.75, 3.05) is 18.0 Å². The van der Waals surface area contributed by atoms with E-state index >= 15 is 0 Å². The van der Waals surface area contributed by atoms with Crippen molar-refractivity contribution in [1.82, 2.24) is 4.98 Å². The molecule has 100 valence electrons. The van der Waals surface area contributed by atoms with E-state index in [1.165, 1.54) is 18.9 Å². The number of halogens is 2. The van der Waals surface area contributed by atoms with Gasteiger partial charge >= 0.3 is 0 Å². The van der Waals surface area contributed by atoms with Crippen molar-refractivity contribution in [1.29, 1.82) is 0 Å². The monoisotopic (exact) mass is 314 g/mol. The molecule has 2 rings (SSSR count). The van der Waals surface area contributed by atoms with Crippen LogP contribution in [0.25, 0.3) is 0 Å². The molecule has 1 saturated heterocycles. The smallest absolute Gasteiger partial charge is 0.166 e. The van der Waals surface area contributed by atoms with Gasteiger partial charge in [0.1, 0.15) is 0 Å². The number of rotatable bonds is 3. The quantitative estimate of drug-likeness (QED) is 0.822. The van der Waals surface area contributed by atoms with Crippen LogP contribution in [0.4, 0.5) is 10.2 Å². The molecule has 0 aromatic carbocycles. The zero-order chi connectivity index (χ0) is 13.2. The van der Waals surface area contributed by atoms with Gasteiger partial charge in [0.15, 0.2) is 11.6 Å². The first-order valence-corrected chi connectivity index (χ1v) is 7.45. The first kappa shape index (κ1) is 13.8. The molecule has 0 atom stereocenters. The molecule has 2 heterocycles. The Labute approximate surface area is 117 Å². The van der Waals surface area contributed by atoms with Gasteiger partial charge in [-0.3, -0.25) is 0 Å². The van der Waals surface area contributed by atoms with Crippen LogP contribution < -0.4 is 4.90 Å². The Balaban J connectivity index is 2.10. The van der Waals surface area contributed by atoms with Crippen molar-refractivity contribution < 1.29 is 4.39 Å². The van der Waals surface area contributed by atoms with Crippen LogP contribution in [0.15, 0.2) is 16.7 Å². The molecule has 0 N–H and O–H groups in total. The molecule has 2 nitrogen and oxygen atoms in total. The Morgan fingerprint density at radius 1 is 1.33 bits per heavy atom. The lowest BCUT2D eigenvalue weighted by Gasteiger charge is -2.41.